The summed E-state index contributed by atoms with van der Waals surface area (Å²) >= 11 is 7.80. The van der Waals surface area contributed by atoms with E-state index >= 15 is 0 Å². The number of rotatable bonds is 4. The molecule has 20 heavy (non-hydrogen) atoms. The van der Waals surface area contributed by atoms with Gasteiger partial charge in [0, 0.05) is 17.5 Å². The molecule has 1 aromatic heterocycles. The van der Waals surface area contributed by atoms with Crippen molar-refractivity contribution in [3.05, 3.63) is 22.8 Å². The molecule has 1 fully saturated rings. The molecule has 0 bridgehead atoms. The largest absolute Gasteiger partial charge is 0.417 e. The fraction of sp³-hybridized carbons (Fsp3) is 0.615. The van der Waals surface area contributed by atoms with Gasteiger partial charge in [0.05, 0.1) is 10.6 Å². The molecule has 1 N–H and O–H groups in total. The molecule has 0 aromatic carbocycles. The van der Waals surface area contributed by atoms with Crippen LogP contribution in [0.25, 0.3) is 0 Å². The van der Waals surface area contributed by atoms with Gasteiger partial charge in [0.1, 0.15) is 5.82 Å². The lowest BCUT2D eigenvalue weighted by atomic mass is 10.2. The second kappa shape index (κ2) is 6.43. The number of anilines is 1. The van der Waals surface area contributed by atoms with E-state index < -0.39 is 11.7 Å². The average Bonchev–Trinajstić information content (AvgIpc) is 2.78. The molecule has 1 aliphatic carbocycles. The summed E-state index contributed by atoms with van der Waals surface area (Å²) in [7, 11) is 0. The van der Waals surface area contributed by atoms with Crippen molar-refractivity contribution >= 4 is 29.2 Å². The van der Waals surface area contributed by atoms with E-state index in [2.05, 4.69) is 17.2 Å². The number of alkyl halides is 3. The van der Waals surface area contributed by atoms with Crippen LogP contribution in [0.5, 0.6) is 0 Å². The number of nitrogens with zero attached hydrogens (tertiary/aromatic N) is 1. The molecule has 2 rings (SSSR count). The molecule has 1 aliphatic rings. The van der Waals surface area contributed by atoms with Crippen molar-refractivity contribution in [3.8, 4) is 0 Å². The predicted octanol–water partition coefficient (Wildman–Crippen LogP) is 4.84. The number of nitrogens with one attached hydrogen (secondary N) is 1. The molecule has 2 unspecified atom stereocenters. The lowest BCUT2D eigenvalue weighted by molar-refractivity contribution is -0.137. The summed E-state index contributed by atoms with van der Waals surface area (Å²) < 4.78 is 37.6. The number of thioether (sulfide) groups is 1. The Morgan fingerprint density at radius 2 is 2.20 bits per heavy atom. The Kier molecular flexibility index (Phi) is 5.07. The molecule has 0 aliphatic heterocycles. The van der Waals surface area contributed by atoms with Gasteiger partial charge < -0.3 is 5.32 Å². The third-order valence-electron chi connectivity index (χ3n) is 3.30. The summed E-state index contributed by atoms with van der Waals surface area (Å²) in [5.74, 6) is 1.42. The van der Waals surface area contributed by atoms with Crippen LogP contribution >= 0.6 is 23.4 Å². The number of pyridine rings is 1. The van der Waals surface area contributed by atoms with Crippen LogP contribution < -0.4 is 5.32 Å². The van der Waals surface area contributed by atoms with E-state index in [1.165, 1.54) is 0 Å². The fourth-order valence-electron chi connectivity index (χ4n) is 2.35. The van der Waals surface area contributed by atoms with Crippen molar-refractivity contribution in [2.45, 2.75) is 43.7 Å². The third kappa shape index (κ3) is 3.95. The van der Waals surface area contributed by atoms with Crippen LogP contribution in [0.3, 0.4) is 0 Å². The van der Waals surface area contributed by atoms with E-state index in [-0.39, 0.29) is 11.1 Å². The molecular formula is C13H16ClF3N2S. The molecule has 0 spiro atoms. The lowest BCUT2D eigenvalue weighted by Gasteiger charge is -2.16. The Bertz CT molecular complexity index is 467. The normalized spacial score (nSPS) is 23.1. The van der Waals surface area contributed by atoms with Crippen molar-refractivity contribution in [2.75, 3.05) is 11.1 Å². The summed E-state index contributed by atoms with van der Waals surface area (Å²) in [5, 5.41) is 3.79. The highest BCUT2D eigenvalue weighted by Gasteiger charge is 2.32. The van der Waals surface area contributed by atoms with Crippen LogP contribution in [0.15, 0.2) is 12.3 Å². The Labute approximate surface area is 125 Å². The number of hydrogen-bond acceptors (Lipinski definition) is 3. The van der Waals surface area contributed by atoms with Crippen LogP contribution in [0.4, 0.5) is 19.0 Å². The van der Waals surface area contributed by atoms with E-state index in [0.717, 1.165) is 37.3 Å². The van der Waals surface area contributed by atoms with Gasteiger partial charge in [0.15, 0.2) is 0 Å². The zero-order valence-corrected chi connectivity index (χ0v) is 12.6. The Hall–Kier alpha value is -0.620. The summed E-state index contributed by atoms with van der Waals surface area (Å²) in [6.07, 6.45) is -0.477. The highest BCUT2D eigenvalue weighted by atomic mass is 35.5. The quantitative estimate of drug-likeness (QED) is 0.857. The Morgan fingerprint density at radius 3 is 2.80 bits per heavy atom. The van der Waals surface area contributed by atoms with Crippen molar-refractivity contribution in [2.24, 2.45) is 0 Å². The second-order valence-corrected chi connectivity index (χ2v) is 6.77. The molecule has 0 radical (unpaired) electrons. The van der Waals surface area contributed by atoms with Crippen LogP contribution in [-0.4, -0.2) is 22.0 Å². The van der Waals surface area contributed by atoms with Gasteiger partial charge in [-0.2, -0.15) is 24.9 Å². The Balaban J connectivity index is 2.01. The molecule has 1 saturated carbocycles. The number of aromatic nitrogens is 1. The molecule has 112 valence electrons. The minimum Gasteiger partial charge on any atom is -0.366 e. The van der Waals surface area contributed by atoms with Crippen molar-refractivity contribution in [1.29, 1.82) is 0 Å². The van der Waals surface area contributed by atoms with Gasteiger partial charge >= 0.3 is 6.18 Å². The van der Waals surface area contributed by atoms with Gasteiger partial charge in [0.25, 0.3) is 0 Å². The monoisotopic (exact) mass is 324 g/mol. The van der Waals surface area contributed by atoms with Gasteiger partial charge in [-0.25, -0.2) is 4.98 Å². The molecule has 2 atom stereocenters. The van der Waals surface area contributed by atoms with E-state index in [9.17, 15) is 13.2 Å². The minimum atomic E-state index is -4.41. The maximum Gasteiger partial charge on any atom is 0.417 e. The molecule has 1 heterocycles. The van der Waals surface area contributed by atoms with E-state index in [1.807, 2.05) is 11.8 Å². The zero-order valence-electron chi connectivity index (χ0n) is 11.0. The number of halogens is 4. The smallest absolute Gasteiger partial charge is 0.366 e. The first kappa shape index (κ1) is 15.8. The zero-order chi connectivity index (χ0) is 14.8. The highest BCUT2D eigenvalue weighted by Crippen LogP contribution is 2.35. The lowest BCUT2D eigenvalue weighted by Crippen LogP contribution is -2.17. The van der Waals surface area contributed by atoms with Crippen LogP contribution in [-0.2, 0) is 6.18 Å². The summed E-state index contributed by atoms with van der Waals surface area (Å²) in [6, 6.07) is 1.16. The average molecular weight is 325 g/mol. The van der Waals surface area contributed by atoms with Gasteiger partial charge in [-0.1, -0.05) is 18.5 Å². The molecule has 2 nitrogen and oxygen atoms in total. The van der Waals surface area contributed by atoms with Crippen LogP contribution in [0.2, 0.25) is 5.02 Å². The van der Waals surface area contributed by atoms with Crippen molar-refractivity contribution < 1.29 is 13.2 Å². The van der Waals surface area contributed by atoms with E-state index in [4.69, 9.17) is 11.6 Å². The van der Waals surface area contributed by atoms with Gasteiger partial charge in [-0.05, 0) is 31.1 Å². The minimum absolute atomic E-state index is 0.0198. The second-order valence-electron chi connectivity index (χ2n) is 4.78. The SMILES string of the molecule is CCSC1CCC(Nc2ncc(C(F)(F)F)cc2Cl)C1. The fourth-order valence-corrected chi connectivity index (χ4v) is 3.71. The molecule has 7 heteroatoms. The first-order valence-electron chi connectivity index (χ1n) is 6.51. The van der Waals surface area contributed by atoms with Crippen molar-refractivity contribution in [3.63, 3.8) is 0 Å². The number of hydrogen-bond donors (Lipinski definition) is 1. The molecule has 0 amide bonds. The Morgan fingerprint density at radius 1 is 1.45 bits per heavy atom. The third-order valence-corrected chi connectivity index (χ3v) is 4.82. The van der Waals surface area contributed by atoms with Crippen LogP contribution in [0.1, 0.15) is 31.7 Å². The maximum absolute atomic E-state index is 12.5. The van der Waals surface area contributed by atoms with Crippen LogP contribution in [0, 0.1) is 0 Å². The molecule has 0 saturated heterocycles. The van der Waals surface area contributed by atoms with Crippen molar-refractivity contribution in [1.82, 2.24) is 4.98 Å². The summed E-state index contributed by atoms with van der Waals surface area (Å²) in [5.41, 5.74) is -0.820. The highest BCUT2D eigenvalue weighted by molar-refractivity contribution is 7.99. The topological polar surface area (TPSA) is 24.9 Å². The first-order chi connectivity index (χ1) is 9.40. The van der Waals surface area contributed by atoms with Gasteiger partial charge in [0.2, 0.25) is 0 Å². The maximum atomic E-state index is 12.5. The van der Waals surface area contributed by atoms with Gasteiger partial charge in [-0.3, -0.25) is 0 Å². The van der Waals surface area contributed by atoms with Gasteiger partial charge in [-0.15, -0.1) is 0 Å². The summed E-state index contributed by atoms with van der Waals surface area (Å²) in [6.45, 7) is 2.12. The standard InChI is InChI=1S/C13H16ClF3N2S/c1-2-20-10-4-3-9(6-10)19-12-11(14)5-8(7-18-12)13(15,16)17/h5,7,9-10H,2-4,6H2,1H3,(H,18,19). The summed E-state index contributed by atoms with van der Waals surface area (Å²) in [4.78, 5) is 3.81. The first-order valence-corrected chi connectivity index (χ1v) is 7.93. The van der Waals surface area contributed by atoms with E-state index in [1.54, 1.807) is 0 Å². The van der Waals surface area contributed by atoms with E-state index in [0.29, 0.717) is 11.1 Å². The predicted molar refractivity (Wildman–Crippen MR) is 77.4 cm³/mol. The molecular weight excluding hydrogens is 309 g/mol. The molecule has 1 aromatic rings.